The third-order valence-electron chi connectivity index (χ3n) is 17.3. The number of hydrogen-bond acceptors (Lipinski definition) is 3. The van der Waals surface area contributed by atoms with Crippen molar-refractivity contribution in [3.63, 3.8) is 0 Å². The lowest BCUT2D eigenvalue weighted by molar-refractivity contribution is 0.590. The van der Waals surface area contributed by atoms with E-state index in [0.717, 1.165) is 28.4 Å². The van der Waals surface area contributed by atoms with Gasteiger partial charge in [0.15, 0.2) is 0 Å². The molecule has 4 heteroatoms. The molecule has 0 saturated heterocycles. The summed E-state index contributed by atoms with van der Waals surface area (Å²) < 4.78 is 0. The van der Waals surface area contributed by atoms with Gasteiger partial charge in [-0.25, -0.2) is 0 Å². The van der Waals surface area contributed by atoms with Crippen LogP contribution in [0.1, 0.15) is 136 Å². The van der Waals surface area contributed by atoms with Crippen LogP contribution in [-0.2, 0) is 27.1 Å². The molecule has 12 rings (SSSR count). The Balaban J connectivity index is 1.10. The zero-order valence-corrected chi connectivity index (χ0v) is 48.8. The lowest BCUT2D eigenvalue weighted by Crippen LogP contribution is -2.61. The molecule has 0 unspecified atom stereocenters. The van der Waals surface area contributed by atoms with Gasteiger partial charge in [0, 0.05) is 56.6 Å². The average Bonchev–Trinajstić information content (AvgIpc) is 3.82. The first-order chi connectivity index (χ1) is 36.9. The summed E-state index contributed by atoms with van der Waals surface area (Å²) in [5.74, 6) is 0. The van der Waals surface area contributed by atoms with E-state index >= 15 is 0 Å². The molecule has 0 aromatic heterocycles. The van der Waals surface area contributed by atoms with E-state index in [0.29, 0.717) is 0 Å². The Kier molecular flexibility index (Phi) is 11.8. The highest BCUT2D eigenvalue weighted by atomic mass is 15.2. The molecule has 0 atom stereocenters. The molecule has 78 heavy (non-hydrogen) atoms. The van der Waals surface area contributed by atoms with Gasteiger partial charge in [-0.3, -0.25) is 0 Å². The van der Waals surface area contributed by atoms with E-state index < -0.39 is 0 Å². The van der Waals surface area contributed by atoms with Crippen LogP contribution in [0.25, 0.3) is 22.3 Å². The van der Waals surface area contributed by atoms with Crippen LogP contribution in [0.2, 0.25) is 0 Å². The Hall–Kier alpha value is -7.56. The minimum absolute atomic E-state index is 0.0299. The highest BCUT2D eigenvalue weighted by molar-refractivity contribution is 7.00. The maximum atomic E-state index is 2.61. The van der Waals surface area contributed by atoms with Crippen LogP contribution in [0, 0.1) is 6.92 Å². The van der Waals surface area contributed by atoms with Gasteiger partial charge in [-0.1, -0.05) is 206 Å². The molecule has 0 amide bonds. The summed E-state index contributed by atoms with van der Waals surface area (Å²) in [5, 5.41) is 0. The first-order valence-electron chi connectivity index (χ1n) is 28.4. The quantitative estimate of drug-likeness (QED) is 0.154. The Bertz CT molecular complexity index is 3740. The Morgan fingerprint density at radius 2 is 0.795 bits per heavy atom. The molecule has 1 aliphatic carbocycles. The molecule has 3 nitrogen and oxygen atoms in total. The maximum absolute atomic E-state index is 2.61. The molecule has 0 bridgehead atoms. The van der Waals surface area contributed by atoms with E-state index in [2.05, 4.69) is 307 Å². The zero-order valence-electron chi connectivity index (χ0n) is 48.8. The van der Waals surface area contributed by atoms with Crippen molar-refractivity contribution < 1.29 is 0 Å². The van der Waals surface area contributed by atoms with Crippen LogP contribution in [0.5, 0.6) is 0 Å². The van der Waals surface area contributed by atoms with Crippen LogP contribution < -0.4 is 31.1 Å². The standard InChI is InChI=1S/C74H76BN3/c1-47-42-67-69-68(43-47)78(57-37-39-60-59-18-16-17-19-61(59)74(14,15)62(60)45-57)66-46-58(76(54-33-26-51(27-34-54)71(5,6)7)55-35-28-52(29-36-55)72(8,9)10)38-41-64(66)75(69)63-40-30-53(73(11,12)13)44-65(63)77(67)56-31-22-49(23-32-56)48-20-24-50(25-21-48)70(2,3)4/h16-46H,1-15H3. The number of nitrogens with zero attached hydrogens (tertiary/aromatic N) is 3. The summed E-state index contributed by atoms with van der Waals surface area (Å²) in [7, 11) is 0. The second kappa shape index (κ2) is 18.0. The van der Waals surface area contributed by atoms with E-state index in [1.807, 2.05) is 0 Å². The van der Waals surface area contributed by atoms with Gasteiger partial charge in [-0.2, -0.15) is 0 Å². The Morgan fingerprint density at radius 3 is 1.33 bits per heavy atom. The van der Waals surface area contributed by atoms with Crippen molar-refractivity contribution in [2.24, 2.45) is 0 Å². The highest BCUT2D eigenvalue weighted by Crippen LogP contribution is 2.53. The minimum Gasteiger partial charge on any atom is -0.311 e. The molecule has 0 spiro atoms. The van der Waals surface area contributed by atoms with Crippen LogP contribution in [-0.4, -0.2) is 6.71 Å². The summed E-state index contributed by atoms with van der Waals surface area (Å²) in [6, 6.07) is 72.8. The zero-order chi connectivity index (χ0) is 55.0. The molecular weight excluding hydrogens is 942 g/mol. The fourth-order valence-corrected chi connectivity index (χ4v) is 12.7. The fraction of sp³-hybridized carbons (Fsp3) is 0.270. The molecule has 0 saturated carbocycles. The molecule has 0 N–H and O–H groups in total. The van der Waals surface area contributed by atoms with Crippen molar-refractivity contribution >= 4 is 74.3 Å². The number of fused-ring (bicyclic) bond motifs is 7. The average molecular weight is 1020 g/mol. The van der Waals surface area contributed by atoms with Gasteiger partial charge in [0.1, 0.15) is 0 Å². The predicted molar refractivity (Wildman–Crippen MR) is 338 cm³/mol. The SMILES string of the molecule is Cc1cc2c3c(c1)N(c1ccc(-c4ccc(C(C)(C)C)cc4)cc1)c1cc(C(C)(C)C)ccc1B3c1ccc(N(c3ccc(C(C)(C)C)cc3)c3ccc(C(C)(C)C)cc3)cc1N2c1ccc2c(c1)C(C)(C)c1ccccc1-2. The van der Waals surface area contributed by atoms with E-state index in [9.17, 15) is 0 Å². The lowest BCUT2D eigenvalue weighted by atomic mass is 9.33. The summed E-state index contributed by atoms with van der Waals surface area (Å²) in [4.78, 5) is 7.65. The number of rotatable bonds is 6. The summed E-state index contributed by atoms with van der Waals surface area (Å²) >= 11 is 0. The van der Waals surface area contributed by atoms with E-state index in [1.165, 1.54) is 100 Å². The molecule has 3 aliphatic rings. The Labute approximate surface area is 466 Å². The summed E-state index contributed by atoms with van der Waals surface area (Å²) in [5.41, 5.74) is 28.8. The van der Waals surface area contributed by atoms with Gasteiger partial charge in [0.25, 0.3) is 6.71 Å². The molecule has 390 valence electrons. The van der Waals surface area contributed by atoms with Gasteiger partial charge >= 0.3 is 0 Å². The van der Waals surface area contributed by atoms with Crippen molar-refractivity contribution in [1.29, 1.82) is 0 Å². The number of aryl methyl sites for hydroxylation is 1. The molecule has 9 aromatic carbocycles. The molecule has 9 aromatic rings. The normalized spacial score (nSPS) is 14.4. The van der Waals surface area contributed by atoms with Crippen LogP contribution >= 0.6 is 0 Å². The monoisotopic (exact) mass is 1020 g/mol. The van der Waals surface area contributed by atoms with Gasteiger partial charge in [-0.05, 0) is 185 Å². The number of anilines is 9. The third-order valence-corrected chi connectivity index (χ3v) is 17.3. The van der Waals surface area contributed by atoms with Crippen molar-refractivity contribution in [1.82, 2.24) is 0 Å². The van der Waals surface area contributed by atoms with Gasteiger partial charge in [0.05, 0.1) is 0 Å². The smallest absolute Gasteiger partial charge is 0.252 e. The number of hydrogen-bond donors (Lipinski definition) is 0. The molecule has 0 radical (unpaired) electrons. The second-order valence-corrected chi connectivity index (χ2v) is 27.3. The van der Waals surface area contributed by atoms with Crippen molar-refractivity contribution in [3.8, 4) is 22.3 Å². The van der Waals surface area contributed by atoms with Crippen molar-refractivity contribution in [2.75, 3.05) is 14.7 Å². The molecule has 2 aliphatic heterocycles. The summed E-state index contributed by atoms with van der Waals surface area (Å²) in [6.07, 6.45) is 0. The highest BCUT2D eigenvalue weighted by Gasteiger charge is 2.45. The van der Waals surface area contributed by atoms with E-state index in [4.69, 9.17) is 0 Å². The van der Waals surface area contributed by atoms with E-state index in [1.54, 1.807) is 0 Å². The first kappa shape index (κ1) is 51.2. The van der Waals surface area contributed by atoms with Gasteiger partial charge in [0.2, 0.25) is 0 Å². The van der Waals surface area contributed by atoms with Crippen molar-refractivity contribution in [2.45, 2.75) is 131 Å². The van der Waals surface area contributed by atoms with Gasteiger partial charge < -0.3 is 14.7 Å². The van der Waals surface area contributed by atoms with Crippen LogP contribution in [0.15, 0.2) is 188 Å². The fourth-order valence-electron chi connectivity index (χ4n) is 12.7. The van der Waals surface area contributed by atoms with Crippen LogP contribution in [0.4, 0.5) is 51.2 Å². The van der Waals surface area contributed by atoms with Gasteiger partial charge in [-0.15, -0.1) is 0 Å². The maximum Gasteiger partial charge on any atom is 0.252 e. The summed E-state index contributed by atoms with van der Waals surface area (Å²) in [6.45, 7) is 34.7. The molecule has 0 fully saturated rings. The lowest BCUT2D eigenvalue weighted by Gasteiger charge is -2.45. The predicted octanol–water partition coefficient (Wildman–Crippen LogP) is 18.7. The van der Waals surface area contributed by atoms with E-state index in [-0.39, 0.29) is 33.8 Å². The third kappa shape index (κ3) is 8.58. The second-order valence-electron chi connectivity index (χ2n) is 27.3. The molecular formula is C74H76BN3. The number of benzene rings is 9. The largest absolute Gasteiger partial charge is 0.311 e. The van der Waals surface area contributed by atoms with Crippen LogP contribution in [0.3, 0.4) is 0 Å². The molecule has 2 heterocycles. The topological polar surface area (TPSA) is 9.72 Å². The Morgan fingerprint density at radius 1 is 0.372 bits per heavy atom. The minimum atomic E-state index is -0.173. The van der Waals surface area contributed by atoms with Crippen molar-refractivity contribution in [3.05, 3.63) is 227 Å². The first-order valence-corrected chi connectivity index (χ1v) is 28.4.